The molecule has 1 aromatic carbocycles. The molecule has 1 saturated carbocycles. The normalized spacial score (nSPS) is 23.0. The number of carbonyl (C=O) groups excluding carboxylic acids is 10. The third-order valence-corrected chi connectivity index (χ3v) is 19.5. The summed E-state index contributed by atoms with van der Waals surface area (Å²) in [6, 6.07) is -7.02. The number of aliphatic imine (C=N–C) groups is 4. The molecule has 39 nitrogen and oxygen atoms in total. The number of aliphatic carboxylic acids is 2. The Bertz CT molecular complexity index is 3240. The highest BCUT2D eigenvalue weighted by atomic mass is 127. The number of imidazole rings is 1. The lowest BCUT2D eigenvalue weighted by Crippen LogP contribution is -2.60. The quantitative estimate of drug-likeness (QED) is 0.0182. The van der Waals surface area contributed by atoms with Crippen molar-refractivity contribution < 1.29 is 67.7 Å². The minimum Gasteiger partial charge on any atom is -0.481 e. The van der Waals surface area contributed by atoms with E-state index in [4.69, 9.17) is 51.6 Å². The van der Waals surface area contributed by atoms with Gasteiger partial charge in [0.25, 0.3) is 0 Å². The van der Waals surface area contributed by atoms with Gasteiger partial charge < -0.3 is 115 Å². The van der Waals surface area contributed by atoms with Crippen LogP contribution >= 0.6 is 44.2 Å². The Kier molecular flexibility index (Phi) is 36.0. The number of carboxylic acids is 2. The maximum atomic E-state index is 14.9. The average Bonchev–Trinajstić information content (AvgIpc) is 0.887. The maximum Gasteiger partial charge on any atom is 0.326 e. The van der Waals surface area contributed by atoms with E-state index in [9.17, 15) is 67.7 Å². The van der Waals surface area contributed by atoms with Crippen molar-refractivity contribution in [2.24, 2.45) is 71.6 Å². The summed E-state index contributed by atoms with van der Waals surface area (Å²) in [7, 11) is 2.19. The number of hydrogen-bond acceptors (Lipinski definition) is 22. The summed E-state index contributed by atoms with van der Waals surface area (Å²) < 4.78 is -0.242. The third-order valence-electron chi connectivity index (χ3n) is 15.4. The summed E-state index contributed by atoms with van der Waals surface area (Å²) in [5, 5.41) is 45.2. The van der Waals surface area contributed by atoms with Crippen molar-refractivity contribution in [1.82, 2.24) is 63.1 Å². The number of aromatic nitrogens is 2. The van der Waals surface area contributed by atoms with Gasteiger partial charge in [-0.3, -0.25) is 78.0 Å². The number of carboxylic acid groups (broad SMARTS) is 2. The van der Waals surface area contributed by atoms with Crippen molar-refractivity contribution in [3.05, 3.63) is 51.6 Å². The van der Waals surface area contributed by atoms with Crippen LogP contribution in [-0.2, 0) is 70.4 Å². The predicted molar refractivity (Wildman–Crippen MR) is 380 cm³/mol. The van der Waals surface area contributed by atoms with E-state index in [1.165, 1.54) is 12.5 Å². The first-order chi connectivity index (χ1) is 47.4. The Hall–Kier alpha value is -9.30. The summed E-state index contributed by atoms with van der Waals surface area (Å²) in [5.41, 5.74) is 53.1. The van der Waals surface area contributed by atoms with Crippen LogP contribution in [0.2, 0.25) is 0 Å². The van der Waals surface area contributed by atoms with E-state index in [0.717, 1.165) is 31.6 Å². The fourth-order valence-electron chi connectivity index (χ4n) is 10.1. The molecule has 1 spiro atoms. The molecule has 42 heteroatoms. The number of nitrogens with zero attached hydrogens (tertiary/aromatic N) is 5. The Morgan fingerprint density at radius 2 is 1.18 bits per heavy atom. The lowest BCUT2D eigenvalue weighted by molar-refractivity contribution is -0.142. The molecular weight excluding hydrogens is 1460 g/mol. The molecule has 1 aliphatic carbocycles. The summed E-state index contributed by atoms with van der Waals surface area (Å²) in [6.07, 6.45) is 3.70. The number of nitrogens with two attached hydrogens (primary N) is 9. The molecule has 31 N–H and O–H groups in total. The van der Waals surface area contributed by atoms with Crippen LogP contribution in [0.1, 0.15) is 101 Å². The molecule has 1 aromatic heterocycles. The number of halogens is 1. The van der Waals surface area contributed by atoms with Gasteiger partial charge in [0.15, 0.2) is 23.8 Å². The zero-order valence-corrected chi connectivity index (χ0v) is 58.6. The molecule has 100 heavy (non-hydrogen) atoms. The van der Waals surface area contributed by atoms with Gasteiger partial charge in [0.2, 0.25) is 59.1 Å². The van der Waals surface area contributed by atoms with Gasteiger partial charge in [-0.15, -0.1) is 0 Å². The van der Waals surface area contributed by atoms with E-state index in [1.54, 1.807) is 24.3 Å². The largest absolute Gasteiger partial charge is 0.481 e. The first-order valence-corrected chi connectivity index (χ1v) is 35.3. The lowest BCUT2D eigenvalue weighted by Gasteiger charge is -2.40. The van der Waals surface area contributed by atoms with Crippen molar-refractivity contribution in [2.45, 2.75) is 162 Å². The first-order valence-electron chi connectivity index (χ1n) is 31.9. The van der Waals surface area contributed by atoms with Crippen LogP contribution in [-0.4, -0.2) is 219 Å². The Labute approximate surface area is 596 Å². The molecule has 0 bridgehead atoms. The van der Waals surface area contributed by atoms with E-state index < -0.39 is 150 Å². The summed E-state index contributed by atoms with van der Waals surface area (Å²) in [5.74, 6) is -14.1. The van der Waals surface area contributed by atoms with Crippen molar-refractivity contribution in [2.75, 3.05) is 45.0 Å². The number of hydrogen-bond donors (Lipinski definition) is 22. The number of guanidine groups is 4. The number of benzene rings is 1. The second-order valence-corrected chi connectivity index (χ2v) is 27.4. The van der Waals surface area contributed by atoms with E-state index >= 15 is 0 Å². The molecule has 0 radical (unpaired) electrons. The van der Waals surface area contributed by atoms with E-state index in [0.29, 0.717) is 36.9 Å². The minimum absolute atomic E-state index is 0.00488. The highest BCUT2D eigenvalue weighted by Gasteiger charge is 2.44. The van der Waals surface area contributed by atoms with Gasteiger partial charge in [0.1, 0.15) is 48.3 Å². The van der Waals surface area contributed by atoms with E-state index in [1.807, 2.05) is 22.6 Å². The fourth-order valence-corrected chi connectivity index (χ4v) is 14.0. The Balaban J connectivity index is 1.80. The number of amides is 10. The Morgan fingerprint density at radius 1 is 0.650 bits per heavy atom. The molecule has 2 aliphatic rings. The highest BCUT2D eigenvalue weighted by Crippen LogP contribution is 2.48. The van der Waals surface area contributed by atoms with Crippen molar-refractivity contribution in [3.63, 3.8) is 0 Å². The maximum absolute atomic E-state index is 14.9. The van der Waals surface area contributed by atoms with Crippen LogP contribution in [0, 0.1) is 3.57 Å². The summed E-state index contributed by atoms with van der Waals surface area (Å²) in [4.78, 5) is 189. The number of nitrogens with one attached hydrogen (secondary N) is 11. The summed E-state index contributed by atoms with van der Waals surface area (Å²) >= 11 is 2.04. The molecule has 0 saturated heterocycles. The zero-order chi connectivity index (χ0) is 73.9. The van der Waals surface area contributed by atoms with Gasteiger partial charge in [-0.2, -0.15) is 0 Å². The molecule has 2 aromatic rings. The van der Waals surface area contributed by atoms with Crippen LogP contribution in [0.25, 0.3) is 0 Å². The molecule has 0 unspecified atom stereocenters. The molecule has 552 valence electrons. The molecule has 4 rings (SSSR count). The van der Waals surface area contributed by atoms with Crippen LogP contribution in [0.4, 0.5) is 0 Å². The van der Waals surface area contributed by atoms with Crippen LogP contribution < -0.4 is 105 Å². The minimum atomic E-state index is -1.95. The molecule has 10 amide bonds. The molecular formula is C58H92IN25O14S2. The average molecular weight is 1550 g/mol. The molecule has 1 fully saturated rings. The van der Waals surface area contributed by atoms with Gasteiger partial charge in [0.05, 0.1) is 36.6 Å². The number of carbonyl (C=O) groups is 12. The lowest BCUT2D eigenvalue weighted by atomic mass is 9.83. The first kappa shape index (κ1) is 83.1. The third kappa shape index (κ3) is 30.9. The fraction of sp³-hybridized carbons (Fsp3) is 0.569. The van der Waals surface area contributed by atoms with Crippen molar-refractivity contribution >= 4 is 139 Å². The van der Waals surface area contributed by atoms with E-state index in [-0.39, 0.29) is 120 Å². The van der Waals surface area contributed by atoms with Gasteiger partial charge in [0, 0.05) is 60.2 Å². The number of aromatic amines is 1. The van der Waals surface area contributed by atoms with E-state index in [2.05, 4.69) is 83.1 Å². The van der Waals surface area contributed by atoms with Crippen molar-refractivity contribution in [3.8, 4) is 0 Å². The number of H-pyrrole nitrogens is 1. The summed E-state index contributed by atoms with van der Waals surface area (Å²) in [6.45, 7) is -1.74. The van der Waals surface area contributed by atoms with Gasteiger partial charge in [-0.05, 0) is 104 Å². The van der Waals surface area contributed by atoms with Crippen LogP contribution in [0.3, 0.4) is 0 Å². The topological polar surface area (TPSA) is 678 Å². The SMILES string of the molecule is NC(N)=NCCC[C@H](NC(=O)[C@@H]1CSSC2(CCCCC2)[C@@H](N)C(=O)NC(N)=NCCC[C@H](N)C(=O)NCC(=O)N[C@H](Cc2cnc[nH]2)C(=O)N[C@@H](CCCN=C(N)N)C(=O)NCC(=O)N[C@@H](CC(=O)O)C(=O)N[C@@H](Cc2ccc(I)cc2)C(=O)N[C@@H](CCCN=C(N)N)C(=O)N1)C(=O)O. The standard InChI is InChI=1S/C58H92IN25O14S2/c59-31-14-12-30(13-15-31)22-37-48(92)80-35(10-6-19-71-55(64)65)47(91)83-40(51(95)81-36(53(97)98)11-7-20-72-56(66)67)28-99-100-58(16-2-1-3-17-58)44(61)52(96)84-57(68)73-21-4-8-33(60)45(89)74-26-41(85)77-38(23-32-25-69-29-76-32)49(93)79-34(9-5-18-70-54(62)63)46(90)75-27-42(86)78-39(24-43(87)88)50(94)82-37/h12-15,25,29,33-40,44H,1-11,16-24,26-28,60-61H2,(H,69,76)(H,74,89)(H,75,90)(H,77,85)(H,78,86)(H,79,93)(H,80,92)(H,81,95)(H,82,94)(H,83,91)(H,87,88)(H,97,98)(H4,62,63,70)(H4,64,65,71)(H4,66,67,72)(H3,68,73,84,96)/t33-,34-,35-,36-,37-,38+,39-,40-,44-/m0/s1. The monoisotopic (exact) mass is 1550 g/mol. The smallest absolute Gasteiger partial charge is 0.326 e. The second kappa shape index (κ2) is 43.3. The highest BCUT2D eigenvalue weighted by molar-refractivity contribution is 14.1. The van der Waals surface area contributed by atoms with Crippen LogP contribution in [0.5, 0.6) is 0 Å². The number of rotatable bonds is 21. The molecule has 2 heterocycles. The van der Waals surface area contributed by atoms with Gasteiger partial charge in [-0.1, -0.05) is 53.0 Å². The van der Waals surface area contributed by atoms with Gasteiger partial charge in [-0.25, -0.2) is 9.78 Å². The molecule has 9 atom stereocenters. The second-order valence-electron chi connectivity index (χ2n) is 23.4. The van der Waals surface area contributed by atoms with Gasteiger partial charge >= 0.3 is 11.9 Å². The van der Waals surface area contributed by atoms with Crippen molar-refractivity contribution in [1.29, 1.82) is 0 Å². The zero-order valence-electron chi connectivity index (χ0n) is 54.8. The predicted octanol–water partition coefficient (Wildman–Crippen LogP) is -6.89. The molecule has 1 aliphatic heterocycles. The van der Waals surface area contributed by atoms with Crippen LogP contribution in [0.15, 0.2) is 56.8 Å². The Morgan fingerprint density at radius 3 is 1.74 bits per heavy atom.